The number of hydrogen-bond acceptors (Lipinski definition) is 4. The van der Waals surface area contributed by atoms with Gasteiger partial charge in [-0.1, -0.05) is 19.3 Å². The van der Waals surface area contributed by atoms with E-state index in [-0.39, 0.29) is 18.5 Å². The van der Waals surface area contributed by atoms with Crippen LogP contribution in [0.25, 0.3) is 0 Å². The van der Waals surface area contributed by atoms with Crippen LogP contribution in [0, 0.1) is 0 Å². The summed E-state index contributed by atoms with van der Waals surface area (Å²) in [6, 6.07) is 0.175. The highest BCUT2D eigenvalue weighted by Gasteiger charge is 2.43. The minimum Gasteiger partial charge on any atom is -0.312 e. The lowest BCUT2D eigenvalue weighted by Gasteiger charge is -2.19. The van der Waals surface area contributed by atoms with Crippen LogP contribution < -0.4 is 0 Å². The Labute approximate surface area is 134 Å². The van der Waals surface area contributed by atoms with Crippen molar-refractivity contribution in [1.29, 1.82) is 0 Å². The fraction of sp³-hybridized carbons (Fsp3) is 0.688. The Balaban J connectivity index is 1.43. The van der Waals surface area contributed by atoms with Gasteiger partial charge < -0.3 is 4.90 Å². The lowest BCUT2D eigenvalue weighted by Crippen LogP contribution is -2.33. The molecule has 3 amide bonds. The predicted octanol–water partition coefficient (Wildman–Crippen LogP) is 3.12. The summed E-state index contributed by atoms with van der Waals surface area (Å²) in [5.41, 5.74) is 0.866. The second kappa shape index (κ2) is 5.65. The molecular weight excluding hydrogens is 298 g/mol. The van der Waals surface area contributed by atoms with Crippen molar-refractivity contribution in [1.82, 2.24) is 14.8 Å². The number of rotatable bonds is 4. The summed E-state index contributed by atoms with van der Waals surface area (Å²) < 4.78 is 0. The number of urea groups is 1. The highest BCUT2D eigenvalue weighted by molar-refractivity contribution is 7.09. The van der Waals surface area contributed by atoms with E-state index in [1.807, 2.05) is 5.38 Å². The summed E-state index contributed by atoms with van der Waals surface area (Å²) in [4.78, 5) is 32.2. The van der Waals surface area contributed by atoms with E-state index < -0.39 is 0 Å². The van der Waals surface area contributed by atoms with Gasteiger partial charge >= 0.3 is 6.03 Å². The molecule has 3 fully saturated rings. The second-order valence-corrected chi connectivity index (χ2v) is 7.52. The van der Waals surface area contributed by atoms with Crippen molar-refractivity contribution in [2.45, 2.75) is 63.5 Å². The van der Waals surface area contributed by atoms with E-state index in [9.17, 15) is 9.59 Å². The van der Waals surface area contributed by atoms with Crippen LogP contribution in [0.3, 0.4) is 0 Å². The molecule has 22 heavy (non-hydrogen) atoms. The lowest BCUT2D eigenvalue weighted by molar-refractivity contribution is -0.125. The third-order valence-electron chi connectivity index (χ3n) is 4.91. The third-order valence-corrected chi connectivity index (χ3v) is 5.97. The van der Waals surface area contributed by atoms with Crippen LogP contribution in [0.2, 0.25) is 0 Å². The first-order valence-electron chi connectivity index (χ1n) is 8.27. The quantitative estimate of drug-likeness (QED) is 0.801. The van der Waals surface area contributed by atoms with Crippen molar-refractivity contribution in [2.24, 2.45) is 0 Å². The zero-order valence-electron chi connectivity index (χ0n) is 12.7. The first-order valence-corrected chi connectivity index (χ1v) is 9.15. The highest BCUT2D eigenvalue weighted by Crippen LogP contribution is 2.35. The van der Waals surface area contributed by atoms with Gasteiger partial charge in [0.1, 0.15) is 6.54 Å². The van der Waals surface area contributed by atoms with Crippen LogP contribution in [-0.4, -0.2) is 39.3 Å². The first kappa shape index (κ1) is 14.2. The molecule has 1 aliphatic heterocycles. The minimum atomic E-state index is -0.125. The van der Waals surface area contributed by atoms with E-state index in [2.05, 4.69) is 0 Å². The fourth-order valence-corrected chi connectivity index (χ4v) is 4.46. The summed E-state index contributed by atoms with van der Waals surface area (Å²) in [6.07, 6.45) is 8.44. The van der Waals surface area contributed by atoms with E-state index in [0.29, 0.717) is 18.5 Å². The number of nitrogens with zero attached hydrogens (tertiary/aromatic N) is 3. The van der Waals surface area contributed by atoms with Gasteiger partial charge in [-0.2, -0.15) is 0 Å². The zero-order valence-corrected chi connectivity index (χ0v) is 13.5. The molecule has 1 aromatic heterocycles. The van der Waals surface area contributed by atoms with Gasteiger partial charge in [0.05, 0.1) is 17.2 Å². The molecule has 6 heteroatoms. The number of imide groups is 1. The summed E-state index contributed by atoms with van der Waals surface area (Å²) in [5, 5.41) is 3.21. The van der Waals surface area contributed by atoms with Crippen molar-refractivity contribution in [2.75, 3.05) is 6.54 Å². The molecule has 1 saturated heterocycles. The Bertz CT molecular complexity index is 590. The molecule has 0 spiro atoms. The Morgan fingerprint density at radius 2 is 1.91 bits per heavy atom. The number of thiazole rings is 1. The largest absolute Gasteiger partial charge is 0.327 e. The number of amides is 3. The molecule has 5 nitrogen and oxygen atoms in total. The molecule has 118 valence electrons. The first-order chi connectivity index (χ1) is 10.7. The van der Waals surface area contributed by atoms with Crippen molar-refractivity contribution in [3.05, 3.63) is 16.1 Å². The fourth-order valence-electron chi connectivity index (χ4n) is 3.48. The summed E-state index contributed by atoms with van der Waals surface area (Å²) >= 11 is 1.69. The number of carbonyl (C=O) groups is 2. The van der Waals surface area contributed by atoms with Crippen LogP contribution in [-0.2, 0) is 11.3 Å². The number of carbonyl (C=O) groups excluding carboxylic acids is 2. The number of hydrogen-bond donors (Lipinski definition) is 0. The monoisotopic (exact) mass is 319 g/mol. The topological polar surface area (TPSA) is 53.5 Å². The zero-order chi connectivity index (χ0) is 15.1. The van der Waals surface area contributed by atoms with Crippen molar-refractivity contribution in [3.8, 4) is 0 Å². The molecule has 0 bridgehead atoms. The number of aromatic nitrogens is 1. The lowest BCUT2D eigenvalue weighted by atomic mass is 9.90. The Hall–Kier alpha value is -1.43. The molecule has 2 aliphatic carbocycles. The van der Waals surface area contributed by atoms with Gasteiger partial charge in [-0.25, -0.2) is 9.78 Å². The minimum absolute atomic E-state index is 0.0795. The predicted molar refractivity (Wildman–Crippen MR) is 83.6 cm³/mol. The molecule has 4 rings (SSSR count). The molecule has 2 saturated carbocycles. The van der Waals surface area contributed by atoms with Crippen molar-refractivity contribution < 1.29 is 9.59 Å². The van der Waals surface area contributed by atoms with E-state index >= 15 is 0 Å². The van der Waals surface area contributed by atoms with E-state index in [1.54, 1.807) is 16.2 Å². The molecule has 0 radical (unpaired) electrons. The highest BCUT2D eigenvalue weighted by atomic mass is 32.1. The maximum absolute atomic E-state index is 12.3. The second-order valence-electron chi connectivity index (χ2n) is 6.63. The molecule has 0 atom stereocenters. The average molecular weight is 319 g/mol. The van der Waals surface area contributed by atoms with Crippen LogP contribution >= 0.6 is 11.3 Å². The molecular formula is C16H21N3O2S. The maximum atomic E-state index is 12.3. The standard InChI is InChI=1S/C16H21N3O2S/c20-14-9-18(13-6-7-13)16(21)19(14)8-12-10-22-15(17-12)11-4-2-1-3-5-11/h10-11,13H,1-9H2. The van der Waals surface area contributed by atoms with Gasteiger partial charge in [-0.05, 0) is 25.7 Å². The smallest absolute Gasteiger partial charge is 0.312 e. The molecule has 1 aromatic rings. The Morgan fingerprint density at radius 3 is 2.64 bits per heavy atom. The van der Waals surface area contributed by atoms with Crippen LogP contribution in [0.15, 0.2) is 5.38 Å². The van der Waals surface area contributed by atoms with Crippen LogP contribution in [0.5, 0.6) is 0 Å². The molecule has 2 heterocycles. The van der Waals surface area contributed by atoms with Gasteiger partial charge in [0.15, 0.2) is 0 Å². The van der Waals surface area contributed by atoms with E-state index in [4.69, 9.17) is 4.98 Å². The molecule has 0 unspecified atom stereocenters. The van der Waals surface area contributed by atoms with Gasteiger partial charge in [0.25, 0.3) is 5.91 Å². The van der Waals surface area contributed by atoms with Crippen LogP contribution in [0.4, 0.5) is 4.79 Å². The Kier molecular flexibility index (Phi) is 3.64. The summed E-state index contributed by atoms with van der Waals surface area (Å²) in [7, 11) is 0. The summed E-state index contributed by atoms with van der Waals surface area (Å²) in [6.45, 7) is 0.591. The van der Waals surface area contributed by atoms with E-state index in [0.717, 1.165) is 18.5 Å². The molecule has 0 N–H and O–H groups in total. The SMILES string of the molecule is O=C1CN(C2CC2)C(=O)N1Cc1csc(C2CCCCC2)n1. The van der Waals surface area contributed by atoms with Gasteiger partial charge in [-0.15, -0.1) is 11.3 Å². The third kappa shape index (κ3) is 2.64. The van der Waals surface area contributed by atoms with E-state index in [1.165, 1.54) is 42.0 Å². The maximum Gasteiger partial charge on any atom is 0.327 e. The van der Waals surface area contributed by atoms with Gasteiger partial charge in [0.2, 0.25) is 0 Å². The van der Waals surface area contributed by atoms with Gasteiger partial charge in [0, 0.05) is 17.3 Å². The molecule has 0 aromatic carbocycles. The van der Waals surface area contributed by atoms with Crippen LogP contribution in [0.1, 0.15) is 61.6 Å². The Morgan fingerprint density at radius 1 is 1.14 bits per heavy atom. The summed E-state index contributed by atoms with van der Waals surface area (Å²) in [5.74, 6) is 0.504. The normalized spacial score (nSPS) is 23.6. The average Bonchev–Trinajstić information content (AvgIpc) is 3.21. The molecule has 3 aliphatic rings. The van der Waals surface area contributed by atoms with Crippen molar-refractivity contribution in [3.63, 3.8) is 0 Å². The van der Waals surface area contributed by atoms with Gasteiger partial charge in [-0.3, -0.25) is 9.69 Å². The van der Waals surface area contributed by atoms with Crippen molar-refractivity contribution >= 4 is 23.3 Å².